The van der Waals surface area contributed by atoms with Crippen molar-refractivity contribution in [3.63, 3.8) is 0 Å². The van der Waals surface area contributed by atoms with Gasteiger partial charge in [0, 0.05) is 38.8 Å². The van der Waals surface area contributed by atoms with Crippen molar-refractivity contribution < 1.29 is 9.53 Å². The smallest absolute Gasteiger partial charge is 0.254 e. The summed E-state index contributed by atoms with van der Waals surface area (Å²) in [5.74, 6) is 1.85. The van der Waals surface area contributed by atoms with Crippen LogP contribution in [-0.2, 0) is 11.3 Å². The number of carbonyl (C=O) groups is 1. The third-order valence-corrected chi connectivity index (χ3v) is 6.15. The number of benzene rings is 1. The van der Waals surface area contributed by atoms with Crippen molar-refractivity contribution in [1.29, 1.82) is 0 Å². The predicted molar refractivity (Wildman–Crippen MR) is 122 cm³/mol. The van der Waals surface area contributed by atoms with Crippen LogP contribution in [0.5, 0.6) is 0 Å². The first kappa shape index (κ1) is 22.6. The van der Waals surface area contributed by atoms with E-state index in [9.17, 15) is 4.79 Å². The second kappa shape index (κ2) is 11.3. The first-order valence-corrected chi connectivity index (χ1v) is 11.5. The van der Waals surface area contributed by atoms with Gasteiger partial charge in [-0.2, -0.15) is 0 Å². The topological polar surface area (TPSA) is 66.0 Å². The van der Waals surface area contributed by atoms with Crippen LogP contribution in [0, 0.1) is 5.92 Å². The minimum absolute atomic E-state index is 0.0799. The van der Waals surface area contributed by atoms with Crippen LogP contribution in [0.1, 0.15) is 68.3 Å². The lowest BCUT2D eigenvalue weighted by atomic mass is 10.0. The lowest BCUT2D eigenvalue weighted by Gasteiger charge is -2.35. The van der Waals surface area contributed by atoms with E-state index < -0.39 is 0 Å². The lowest BCUT2D eigenvalue weighted by molar-refractivity contribution is -0.0586. The fourth-order valence-corrected chi connectivity index (χ4v) is 4.59. The zero-order valence-electron chi connectivity index (χ0n) is 18.8. The number of ether oxygens (including phenoxy) is 1. The van der Waals surface area contributed by atoms with Crippen LogP contribution in [0.2, 0.25) is 0 Å². The summed E-state index contributed by atoms with van der Waals surface area (Å²) in [6.07, 6.45) is 8.33. The van der Waals surface area contributed by atoms with Crippen LogP contribution in [0.25, 0.3) is 0 Å². The fraction of sp³-hybridized carbons (Fsp3) is 0.667. The molecule has 1 aromatic carbocycles. The Kier molecular flexibility index (Phi) is 8.55. The van der Waals surface area contributed by atoms with Gasteiger partial charge in [-0.1, -0.05) is 37.8 Å². The molecule has 1 aliphatic heterocycles. The van der Waals surface area contributed by atoms with Crippen molar-refractivity contribution in [3.8, 4) is 0 Å². The number of morpholine rings is 1. The second-order valence-electron chi connectivity index (χ2n) is 8.81. The molecular formula is C24H38N4O2. The molecule has 1 amide bonds. The standard InChI is InChI=1S/C24H38N4O2/c1-18-16-28(17-19(2)30-18)23(29)22-12-10-21(11-13-22)15-27-24(25-3)26-14-6-9-20-7-4-5-8-20/h10-13,18-20H,4-9,14-17H2,1-3H3,(H2,25,26,27). The third kappa shape index (κ3) is 6.73. The Balaban J connectivity index is 1.41. The molecule has 2 aliphatic rings. The third-order valence-electron chi connectivity index (χ3n) is 6.15. The zero-order chi connectivity index (χ0) is 21.3. The summed E-state index contributed by atoms with van der Waals surface area (Å²) in [5, 5.41) is 6.78. The van der Waals surface area contributed by atoms with Gasteiger partial charge in [-0.05, 0) is 50.3 Å². The van der Waals surface area contributed by atoms with E-state index in [1.807, 2.05) is 43.0 Å². The van der Waals surface area contributed by atoms with Gasteiger partial charge in [0.2, 0.25) is 0 Å². The van der Waals surface area contributed by atoms with E-state index in [4.69, 9.17) is 4.74 Å². The van der Waals surface area contributed by atoms with E-state index in [1.165, 1.54) is 38.5 Å². The van der Waals surface area contributed by atoms with Gasteiger partial charge < -0.3 is 20.3 Å². The van der Waals surface area contributed by atoms with Crippen molar-refractivity contribution in [2.24, 2.45) is 10.9 Å². The van der Waals surface area contributed by atoms with Crippen molar-refractivity contribution in [1.82, 2.24) is 15.5 Å². The van der Waals surface area contributed by atoms with Gasteiger partial charge >= 0.3 is 0 Å². The van der Waals surface area contributed by atoms with Gasteiger partial charge in [0.15, 0.2) is 5.96 Å². The van der Waals surface area contributed by atoms with Gasteiger partial charge in [0.05, 0.1) is 12.2 Å². The Labute approximate surface area is 181 Å². The van der Waals surface area contributed by atoms with Crippen LogP contribution >= 0.6 is 0 Å². The predicted octanol–water partition coefficient (Wildman–Crippen LogP) is 3.57. The summed E-state index contributed by atoms with van der Waals surface area (Å²) in [5.41, 5.74) is 1.86. The lowest BCUT2D eigenvalue weighted by Crippen LogP contribution is -2.48. The Morgan fingerprint density at radius 1 is 1.10 bits per heavy atom. The quantitative estimate of drug-likeness (QED) is 0.407. The molecule has 6 heteroatoms. The highest BCUT2D eigenvalue weighted by atomic mass is 16.5. The molecule has 3 rings (SSSR count). The maximum absolute atomic E-state index is 12.8. The molecule has 1 saturated carbocycles. The van der Waals surface area contributed by atoms with Crippen molar-refractivity contribution >= 4 is 11.9 Å². The summed E-state index contributed by atoms with van der Waals surface area (Å²) in [4.78, 5) is 19.0. The Morgan fingerprint density at radius 3 is 2.40 bits per heavy atom. The molecule has 2 unspecified atom stereocenters. The largest absolute Gasteiger partial charge is 0.372 e. The number of amides is 1. The SMILES string of the molecule is CN=C(NCCCC1CCCC1)NCc1ccc(C(=O)N2CC(C)OC(C)C2)cc1. The molecule has 1 saturated heterocycles. The molecule has 0 bridgehead atoms. The molecule has 2 atom stereocenters. The summed E-state index contributed by atoms with van der Waals surface area (Å²) in [6, 6.07) is 7.87. The first-order valence-electron chi connectivity index (χ1n) is 11.5. The molecule has 0 radical (unpaired) electrons. The first-order chi connectivity index (χ1) is 14.5. The van der Waals surface area contributed by atoms with E-state index in [2.05, 4.69) is 15.6 Å². The Hall–Kier alpha value is -2.08. The minimum atomic E-state index is 0.0799. The number of guanidine groups is 1. The van der Waals surface area contributed by atoms with E-state index in [1.54, 1.807) is 7.05 Å². The molecule has 2 fully saturated rings. The molecule has 1 heterocycles. The number of rotatable bonds is 7. The molecule has 0 spiro atoms. The summed E-state index contributed by atoms with van der Waals surface area (Å²) in [6.45, 7) is 6.97. The Bertz CT molecular complexity index is 688. The van der Waals surface area contributed by atoms with E-state index in [0.29, 0.717) is 19.6 Å². The highest BCUT2D eigenvalue weighted by molar-refractivity contribution is 5.94. The molecule has 30 heavy (non-hydrogen) atoms. The van der Waals surface area contributed by atoms with Gasteiger partial charge in [-0.3, -0.25) is 9.79 Å². The maximum atomic E-state index is 12.8. The maximum Gasteiger partial charge on any atom is 0.254 e. The highest BCUT2D eigenvalue weighted by Gasteiger charge is 2.26. The van der Waals surface area contributed by atoms with E-state index in [-0.39, 0.29) is 18.1 Å². The zero-order valence-corrected chi connectivity index (χ0v) is 18.8. The molecule has 1 aromatic rings. The number of nitrogens with one attached hydrogen (secondary N) is 2. The van der Waals surface area contributed by atoms with E-state index >= 15 is 0 Å². The minimum Gasteiger partial charge on any atom is -0.372 e. The van der Waals surface area contributed by atoms with Crippen LogP contribution in [0.15, 0.2) is 29.3 Å². The van der Waals surface area contributed by atoms with Gasteiger partial charge in [-0.15, -0.1) is 0 Å². The van der Waals surface area contributed by atoms with Gasteiger partial charge in [-0.25, -0.2) is 0 Å². The highest BCUT2D eigenvalue weighted by Crippen LogP contribution is 2.28. The van der Waals surface area contributed by atoms with Crippen molar-refractivity contribution in [2.45, 2.75) is 71.1 Å². The molecule has 2 N–H and O–H groups in total. The average molecular weight is 415 g/mol. The van der Waals surface area contributed by atoms with Gasteiger partial charge in [0.1, 0.15) is 0 Å². The molecule has 166 valence electrons. The van der Waals surface area contributed by atoms with Crippen LogP contribution in [0.3, 0.4) is 0 Å². The number of hydrogen-bond donors (Lipinski definition) is 2. The number of aliphatic imine (C=N–C) groups is 1. The number of nitrogens with zero attached hydrogens (tertiary/aromatic N) is 2. The van der Waals surface area contributed by atoms with Crippen LogP contribution < -0.4 is 10.6 Å². The number of hydrogen-bond acceptors (Lipinski definition) is 3. The van der Waals surface area contributed by atoms with Crippen LogP contribution in [-0.4, -0.2) is 55.7 Å². The monoisotopic (exact) mass is 414 g/mol. The summed E-state index contributed by atoms with van der Waals surface area (Å²) in [7, 11) is 1.80. The molecule has 6 nitrogen and oxygen atoms in total. The molecular weight excluding hydrogens is 376 g/mol. The average Bonchev–Trinajstić information content (AvgIpc) is 3.26. The van der Waals surface area contributed by atoms with Crippen molar-refractivity contribution in [2.75, 3.05) is 26.7 Å². The number of carbonyl (C=O) groups excluding carboxylic acids is 1. The summed E-state index contributed by atoms with van der Waals surface area (Å²) >= 11 is 0. The van der Waals surface area contributed by atoms with Gasteiger partial charge in [0.25, 0.3) is 5.91 Å². The molecule has 1 aliphatic carbocycles. The van der Waals surface area contributed by atoms with E-state index in [0.717, 1.165) is 29.5 Å². The van der Waals surface area contributed by atoms with Crippen molar-refractivity contribution in [3.05, 3.63) is 35.4 Å². The van der Waals surface area contributed by atoms with Crippen LogP contribution in [0.4, 0.5) is 0 Å². The normalized spacial score (nSPS) is 22.9. The fourth-order valence-electron chi connectivity index (χ4n) is 4.59. The molecule has 0 aromatic heterocycles. The summed E-state index contributed by atoms with van der Waals surface area (Å²) < 4.78 is 5.73. The Morgan fingerprint density at radius 2 is 1.77 bits per heavy atom. The second-order valence-corrected chi connectivity index (χ2v) is 8.81.